The molecule has 2 nitrogen and oxygen atoms in total. The van der Waals surface area contributed by atoms with E-state index in [0.717, 1.165) is 43.9 Å². The molecule has 1 atom stereocenters. The van der Waals surface area contributed by atoms with Crippen LogP contribution in [0.25, 0.3) is 0 Å². The van der Waals surface area contributed by atoms with Crippen LogP contribution < -0.4 is 10.2 Å². The Morgan fingerprint density at radius 3 is 2.42 bits per heavy atom. The minimum absolute atomic E-state index is 0.164. The third kappa shape index (κ3) is 2.67. The Morgan fingerprint density at radius 1 is 1.00 bits per heavy atom. The summed E-state index contributed by atoms with van der Waals surface area (Å²) in [6.07, 6.45) is -2.18. The van der Waals surface area contributed by atoms with Crippen molar-refractivity contribution in [2.45, 2.75) is 19.0 Å². The number of fused-ring (bicyclic) bond motifs is 1. The number of para-hydroxylation sites is 1. The van der Waals surface area contributed by atoms with Crippen LogP contribution in [-0.4, -0.2) is 19.6 Å². The third-order valence-corrected chi connectivity index (χ3v) is 5.18. The van der Waals surface area contributed by atoms with Crippen molar-refractivity contribution in [1.29, 1.82) is 0 Å². The van der Waals surface area contributed by atoms with Crippen LogP contribution in [0.3, 0.4) is 0 Å². The molecule has 24 heavy (non-hydrogen) atoms. The van der Waals surface area contributed by atoms with Crippen LogP contribution >= 0.6 is 0 Å². The maximum Gasteiger partial charge on any atom is 0.416 e. The van der Waals surface area contributed by atoms with Gasteiger partial charge in [-0.05, 0) is 55.3 Å². The number of halogens is 3. The van der Waals surface area contributed by atoms with E-state index in [1.807, 2.05) is 12.1 Å². The summed E-state index contributed by atoms with van der Waals surface area (Å²) in [4.78, 5) is 2.17. The number of alkyl halides is 3. The van der Waals surface area contributed by atoms with Gasteiger partial charge in [0, 0.05) is 29.9 Å². The fourth-order valence-corrected chi connectivity index (χ4v) is 3.95. The molecule has 5 heteroatoms. The van der Waals surface area contributed by atoms with E-state index < -0.39 is 11.7 Å². The molecule has 0 saturated carbocycles. The highest BCUT2D eigenvalue weighted by Gasteiger charge is 2.40. The summed E-state index contributed by atoms with van der Waals surface area (Å²) < 4.78 is 38.5. The fraction of sp³-hybridized carbons (Fsp3) is 0.368. The molecule has 4 rings (SSSR count). The number of anilines is 2. The van der Waals surface area contributed by atoms with Crippen molar-refractivity contribution < 1.29 is 13.2 Å². The van der Waals surface area contributed by atoms with Gasteiger partial charge in [-0.15, -0.1) is 0 Å². The smallest absolute Gasteiger partial charge is 0.341 e. The summed E-state index contributed by atoms with van der Waals surface area (Å²) in [6, 6.07) is 13.7. The topological polar surface area (TPSA) is 15.3 Å². The van der Waals surface area contributed by atoms with Crippen LogP contribution in [0.15, 0.2) is 48.5 Å². The average Bonchev–Trinajstić information content (AvgIpc) is 3.01. The zero-order valence-electron chi connectivity index (χ0n) is 13.2. The molecular weight excluding hydrogens is 313 g/mol. The average molecular weight is 332 g/mol. The van der Waals surface area contributed by atoms with Crippen molar-refractivity contribution in [2.24, 2.45) is 5.41 Å². The second-order valence-electron chi connectivity index (χ2n) is 6.86. The van der Waals surface area contributed by atoms with Gasteiger partial charge in [-0.3, -0.25) is 0 Å². The number of benzene rings is 2. The Kier molecular flexibility index (Phi) is 3.57. The molecule has 2 aliphatic heterocycles. The minimum Gasteiger partial charge on any atom is -0.341 e. The van der Waals surface area contributed by atoms with Gasteiger partial charge in [0.25, 0.3) is 0 Å². The number of nitrogens with one attached hydrogen (secondary N) is 1. The highest BCUT2D eigenvalue weighted by atomic mass is 19.4. The predicted molar refractivity (Wildman–Crippen MR) is 88.5 cm³/mol. The van der Waals surface area contributed by atoms with E-state index in [2.05, 4.69) is 22.3 Å². The van der Waals surface area contributed by atoms with Crippen molar-refractivity contribution in [3.63, 3.8) is 0 Å². The van der Waals surface area contributed by atoms with Gasteiger partial charge in [0.1, 0.15) is 0 Å². The molecule has 126 valence electrons. The first-order chi connectivity index (χ1) is 11.5. The van der Waals surface area contributed by atoms with Gasteiger partial charge in [-0.2, -0.15) is 13.2 Å². The summed E-state index contributed by atoms with van der Waals surface area (Å²) in [5.41, 5.74) is 2.76. The van der Waals surface area contributed by atoms with E-state index in [-0.39, 0.29) is 5.41 Å². The molecule has 1 fully saturated rings. The maximum atomic E-state index is 12.8. The number of rotatable bonds is 1. The molecule has 0 radical (unpaired) electrons. The van der Waals surface area contributed by atoms with Gasteiger partial charge in [0.15, 0.2) is 0 Å². The van der Waals surface area contributed by atoms with Gasteiger partial charge in [0.2, 0.25) is 0 Å². The van der Waals surface area contributed by atoms with E-state index in [1.165, 1.54) is 17.7 Å². The molecule has 1 N–H and O–H groups in total. The Labute approximate surface area is 139 Å². The van der Waals surface area contributed by atoms with E-state index in [0.29, 0.717) is 0 Å². The second-order valence-corrected chi connectivity index (χ2v) is 6.86. The zero-order chi connectivity index (χ0) is 16.8. The minimum atomic E-state index is -4.30. The summed E-state index contributed by atoms with van der Waals surface area (Å²) in [5, 5.41) is 3.44. The monoisotopic (exact) mass is 332 g/mol. The van der Waals surface area contributed by atoms with Gasteiger partial charge in [0.05, 0.1) is 5.56 Å². The lowest BCUT2D eigenvalue weighted by molar-refractivity contribution is -0.137. The van der Waals surface area contributed by atoms with E-state index in [1.54, 1.807) is 12.1 Å². The number of hydrogen-bond acceptors (Lipinski definition) is 2. The highest BCUT2D eigenvalue weighted by Crippen LogP contribution is 2.43. The van der Waals surface area contributed by atoms with Crippen LogP contribution in [-0.2, 0) is 12.6 Å². The van der Waals surface area contributed by atoms with Gasteiger partial charge < -0.3 is 10.2 Å². The summed E-state index contributed by atoms with van der Waals surface area (Å²) in [7, 11) is 0. The maximum absolute atomic E-state index is 12.8. The molecule has 1 unspecified atom stereocenters. The van der Waals surface area contributed by atoms with Crippen LogP contribution in [0.5, 0.6) is 0 Å². The SMILES string of the molecule is FC(F)(F)c1ccc(N2CC3(CCNC3)Cc3ccccc32)cc1. The molecule has 2 aromatic rings. The molecular formula is C19H19F3N2. The fourth-order valence-electron chi connectivity index (χ4n) is 3.95. The van der Waals surface area contributed by atoms with E-state index in [4.69, 9.17) is 0 Å². The van der Waals surface area contributed by atoms with Crippen molar-refractivity contribution >= 4 is 11.4 Å². The molecule has 1 spiro atoms. The van der Waals surface area contributed by atoms with Crippen LogP contribution in [0.1, 0.15) is 17.5 Å². The Morgan fingerprint density at radius 2 is 1.75 bits per heavy atom. The normalized spacial score (nSPS) is 23.5. The molecule has 0 amide bonds. The van der Waals surface area contributed by atoms with Crippen molar-refractivity contribution in [3.05, 3.63) is 59.7 Å². The van der Waals surface area contributed by atoms with Crippen LogP contribution in [0.2, 0.25) is 0 Å². The molecule has 2 aliphatic rings. The van der Waals surface area contributed by atoms with Gasteiger partial charge in [-0.1, -0.05) is 18.2 Å². The highest BCUT2D eigenvalue weighted by molar-refractivity contribution is 5.68. The van der Waals surface area contributed by atoms with Crippen molar-refractivity contribution in [1.82, 2.24) is 5.32 Å². The van der Waals surface area contributed by atoms with Crippen LogP contribution in [0.4, 0.5) is 24.5 Å². The summed E-state index contributed by atoms with van der Waals surface area (Å²) in [5.74, 6) is 0. The van der Waals surface area contributed by atoms with E-state index >= 15 is 0 Å². The molecule has 1 saturated heterocycles. The third-order valence-electron chi connectivity index (χ3n) is 5.18. The predicted octanol–water partition coefficient (Wildman–Crippen LogP) is 4.38. The summed E-state index contributed by atoms with van der Waals surface area (Å²) >= 11 is 0. The van der Waals surface area contributed by atoms with Gasteiger partial charge in [-0.25, -0.2) is 0 Å². The van der Waals surface area contributed by atoms with E-state index in [9.17, 15) is 13.2 Å². The van der Waals surface area contributed by atoms with Crippen molar-refractivity contribution in [3.8, 4) is 0 Å². The zero-order valence-corrected chi connectivity index (χ0v) is 13.2. The Balaban J connectivity index is 1.73. The molecule has 2 heterocycles. The molecule has 0 bridgehead atoms. The Hall–Kier alpha value is -2.01. The summed E-state index contributed by atoms with van der Waals surface area (Å²) in [6.45, 7) is 2.80. The number of nitrogens with zero attached hydrogens (tertiary/aromatic N) is 1. The lowest BCUT2D eigenvalue weighted by Crippen LogP contribution is -2.42. The first kappa shape index (κ1) is 15.5. The quantitative estimate of drug-likeness (QED) is 0.834. The lowest BCUT2D eigenvalue weighted by atomic mass is 9.77. The molecule has 0 aliphatic carbocycles. The largest absolute Gasteiger partial charge is 0.416 e. The van der Waals surface area contributed by atoms with Gasteiger partial charge >= 0.3 is 6.18 Å². The van der Waals surface area contributed by atoms with Crippen LogP contribution in [0, 0.1) is 5.41 Å². The first-order valence-corrected chi connectivity index (χ1v) is 8.20. The standard InChI is InChI=1S/C19H19F3N2/c20-19(21,22)15-5-7-16(8-6-15)24-13-18(9-10-23-12-18)11-14-3-1-2-4-17(14)24/h1-8,23H,9-13H2. The van der Waals surface area contributed by atoms with Crippen molar-refractivity contribution in [2.75, 3.05) is 24.5 Å². The Bertz CT molecular complexity index is 731. The molecule has 2 aromatic carbocycles. The lowest BCUT2D eigenvalue weighted by Gasteiger charge is -2.42. The first-order valence-electron chi connectivity index (χ1n) is 8.20. The number of hydrogen-bond donors (Lipinski definition) is 1. The second kappa shape index (κ2) is 5.52. The molecule has 0 aromatic heterocycles.